The lowest BCUT2D eigenvalue weighted by atomic mass is 10.0. The van der Waals surface area contributed by atoms with E-state index in [-0.39, 0.29) is 28.8 Å². The predicted molar refractivity (Wildman–Crippen MR) is 109 cm³/mol. The average Bonchev–Trinajstić information content (AvgIpc) is 2.51. The van der Waals surface area contributed by atoms with Crippen molar-refractivity contribution < 1.29 is 4.79 Å². The second kappa shape index (κ2) is 20.2. The molecular weight excluding hydrogens is 350 g/mol. The first-order chi connectivity index (χ1) is 10.7. The third kappa shape index (κ3) is 18.3. The van der Waals surface area contributed by atoms with Crippen molar-refractivity contribution in [3.63, 3.8) is 0 Å². The molecule has 23 heavy (non-hydrogen) atoms. The van der Waals surface area contributed by atoms with Gasteiger partial charge in [-0.3, -0.25) is 4.79 Å². The van der Waals surface area contributed by atoms with Crippen molar-refractivity contribution in [1.29, 1.82) is 0 Å². The molecule has 0 saturated heterocycles. The molecule has 0 aliphatic heterocycles. The van der Waals surface area contributed by atoms with Crippen LogP contribution in [0.2, 0.25) is 0 Å². The van der Waals surface area contributed by atoms with E-state index < -0.39 is 0 Å². The Morgan fingerprint density at radius 1 is 0.696 bits per heavy atom. The Morgan fingerprint density at radius 3 is 1.48 bits per heavy atom. The van der Waals surface area contributed by atoms with Crippen LogP contribution in [0.1, 0.15) is 117 Å². The summed E-state index contributed by atoms with van der Waals surface area (Å²) in [6.45, 7) is 4.35. The first kappa shape index (κ1) is 25.4. The first-order valence-electron chi connectivity index (χ1n) is 10.0. The Bertz CT molecular complexity index is 246. The summed E-state index contributed by atoms with van der Waals surface area (Å²) in [5.74, 6) is 0.268. The standard InChI is InChI=1S/C20H41NO.BrH/c1-3-5-6-7-8-9-10-11-12-13-14-15-16-18-20(22)19(21)17-4-2;/h19H,3-18,21H2,1-2H3;1H. The van der Waals surface area contributed by atoms with Gasteiger partial charge in [0.25, 0.3) is 0 Å². The average molecular weight is 392 g/mol. The molecule has 0 saturated carbocycles. The molecule has 0 spiro atoms. The van der Waals surface area contributed by atoms with Crippen LogP contribution in [-0.2, 0) is 4.79 Å². The molecule has 0 aromatic heterocycles. The van der Waals surface area contributed by atoms with Crippen LogP contribution in [0.15, 0.2) is 0 Å². The van der Waals surface area contributed by atoms with Gasteiger partial charge in [-0.2, -0.15) is 0 Å². The number of nitrogens with two attached hydrogens (primary N) is 1. The minimum atomic E-state index is -0.206. The topological polar surface area (TPSA) is 43.1 Å². The zero-order valence-electron chi connectivity index (χ0n) is 15.8. The van der Waals surface area contributed by atoms with E-state index in [2.05, 4.69) is 13.8 Å². The highest BCUT2D eigenvalue weighted by molar-refractivity contribution is 8.93. The molecule has 0 radical (unpaired) electrons. The van der Waals surface area contributed by atoms with Crippen molar-refractivity contribution >= 4 is 22.8 Å². The van der Waals surface area contributed by atoms with Gasteiger partial charge < -0.3 is 5.73 Å². The van der Waals surface area contributed by atoms with Crippen molar-refractivity contribution in [2.75, 3.05) is 0 Å². The monoisotopic (exact) mass is 391 g/mol. The molecule has 1 unspecified atom stereocenters. The highest BCUT2D eigenvalue weighted by Crippen LogP contribution is 2.13. The Kier molecular flexibility index (Phi) is 22.2. The van der Waals surface area contributed by atoms with Gasteiger partial charge >= 0.3 is 0 Å². The van der Waals surface area contributed by atoms with E-state index in [9.17, 15) is 4.79 Å². The molecule has 0 rings (SSSR count). The first-order valence-corrected chi connectivity index (χ1v) is 10.0. The largest absolute Gasteiger partial charge is 0.322 e. The fourth-order valence-electron chi connectivity index (χ4n) is 2.97. The zero-order valence-corrected chi connectivity index (χ0v) is 17.5. The summed E-state index contributed by atoms with van der Waals surface area (Å²) in [6.07, 6.45) is 20.0. The van der Waals surface area contributed by atoms with Gasteiger partial charge in [-0.25, -0.2) is 0 Å². The van der Waals surface area contributed by atoms with Crippen LogP contribution in [0.5, 0.6) is 0 Å². The molecule has 2 N–H and O–H groups in total. The Morgan fingerprint density at radius 2 is 1.09 bits per heavy atom. The number of carbonyl (C=O) groups excluding carboxylic acids is 1. The Labute approximate surface area is 156 Å². The summed E-state index contributed by atoms with van der Waals surface area (Å²) in [4.78, 5) is 11.7. The molecule has 0 amide bonds. The van der Waals surface area contributed by atoms with Crippen LogP contribution in [0.25, 0.3) is 0 Å². The molecule has 3 heteroatoms. The van der Waals surface area contributed by atoms with Crippen LogP contribution in [0.3, 0.4) is 0 Å². The van der Waals surface area contributed by atoms with Gasteiger partial charge in [-0.1, -0.05) is 97.3 Å². The number of halogens is 1. The number of hydrogen-bond acceptors (Lipinski definition) is 2. The maximum atomic E-state index is 11.7. The summed E-state index contributed by atoms with van der Waals surface area (Å²) in [5, 5.41) is 0. The highest BCUT2D eigenvalue weighted by Gasteiger charge is 2.11. The second-order valence-electron chi connectivity index (χ2n) is 6.85. The number of Topliss-reactive ketones (excluding diaryl/α,β-unsaturated/α-hetero) is 1. The lowest BCUT2D eigenvalue weighted by Gasteiger charge is -2.08. The lowest BCUT2D eigenvalue weighted by Crippen LogP contribution is -2.29. The van der Waals surface area contributed by atoms with Crippen molar-refractivity contribution in [2.24, 2.45) is 5.73 Å². The fourth-order valence-corrected chi connectivity index (χ4v) is 2.97. The number of carbonyl (C=O) groups is 1. The molecular formula is C20H42BrNO. The quantitative estimate of drug-likeness (QED) is 0.279. The van der Waals surface area contributed by atoms with E-state index in [1.165, 1.54) is 77.0 Å². The van der Waals surface area contributed by atoms with Gasteiger partial charge in [0.05, 0.1) is 6.04 Å². The van der Waals surface area contributed by atoms with Crippen molar-refractivity contribution in [3.05, 3.63) is 0 Å². The molecule has 140 valence electrons. The number of rotatable bonds is 17. The van der Waals surface area contributed by atoms with E-state index in [1.807, 2.05) is 0 Å². The molecule has 1 atom stereocenters. The number of unbranched alkanes of at least 4 members (excludes halogenated alkanes) is 12. The zero-order chi connectivity index (χ0) is 16.5. The lowest BCUT2D eigenvalue weighted by molar-refractivity contribution is -0.120. The van der Waals surface area contributed by atoms with Crippen LogP contribution in [0, 0.1) is 0 Å². The summed E-state index contributed by atoms with van der Waals surface area (Å²) in [7, 11) is 0. The normalized spacial score (nSPS) is 12.0. The number of hydrogen-bond donors (Lipinski definition) is 1. The molecule has 0 heterocycles. The maximum Gasteiger partial charge on any atom is 0.149 e. The molecule has 0 aromatic rings. The molecule has 0 fully saturated rings. The Hall–Kier alpha value is 0.110. The summed E-state index contributed by atoms with van der Waals surface area (Å²) in [5.41, 5.74) is 5.83. The van der Waals surface area contributed by atoms with Crippen molar-refractivity contribution in [2.45, 2.75) is 123 Å². The fraction of sp³-hybridized carbons (Fsp3) is 0.950. The third-order valence-corrected chi connectivity index (χ3v) is 4.54. The van der Waals surface area contributed by atoms with Crippen LogP contribution < -0.4 is 5.73 Å². The van der Waals surface area contributed by atoms with Crippen LogP contribution in [-0.4, -0.2) is 11.8 Å². The molecule has 0 aromatic carbocycles. The van der Waals surface area contributed by atoms with Gasteiger partial charge in [0.2, 0.25) is 0 Å². The van der Waals surface area contributed by atoms with Gasteiger partial charge in [0, 0.05) is 6.42 Å². The van der Waals surface area contributed by atoms with Crippen LogP contribution >= 0.6 is 17.0 Å². The van der Waals surface area contributed by atoms with E-state index in [0.29, 0.717) is 6.42 Å². The Balaban J connectivity index is 0. The van der Waals surface area contributed by atoms with Gasteiger partial charge in [-0.15, -0.1) is 17.0 Å². The van der Waals surface area contributed by atoms with Gasteiger partial charge in [-0.05, 0) is 12.8 Å². The minimum absolute atomic E-state index is 0. The van der Waals surface area contributed by atoms with Crippen LogP contribution in [0.4, 0.5) is 0 Å². The maximum absolute atomic E-state index is 11.7. The van der Waals surface area contributed by atoms with E-state index in [1.54, 1.807) is 0 Å². The summed E-state index contributed by atoms with van der Waals surface area (Å²) >= 11 is 0. The summed E-state index contributed by atoms with van der Waals surface area (Å²) in [6, 6.07) is -0.206. The number of ketones is 1. The van der Waals surface area contributed by atoms with Crippen molar-refractivity contribution in [1.82, 2.24) is 0 Å². The van der Waals surface area contributed by atoms with Gasteiger partial charge in [0.1, 0.15) is 5.78 Å². The van der Waals surface area contributed by atoms with E-state index in [0.717, 1.165) is 19.3 Å². The molecule has 0 bridgehead atoms. The molecule has 0 aliphatic carbocycles. The van der Waals surface area contributed by atoms with E-state index >= 15 is 0 Å². The smallest absolute Gasteiger partial charge is 0.149 e. The highest BCUT2D eigenvalue weighted by atomic mass is 79.9. The minimum Gasteiger partial charge on any atom is -0.322 e. The second-order valence-corrected chi connectivity index (χ2v) is 6.85. The van der Waals surface area contributed by atoms with E-state index in [4.69, 9.17) is 5.73 Å². The third-order valence-electron chi connectivity index (χ3n) is 4.54. The predicted octanol–water partition coefficient (Wildman–Crippen LogP) is 6.74. The van der Waals surface area contributed by atoms with Gasteiger partial charge in [0.15, 0.2) is 0 Å². The molecule has 0 aliphatic rings. The molecule has 2 nitrogen and oxygen atoms in total. The summed E-state index contributed by atoms with van der Waals surface area (Å²) < 4.78 is 0. The van der Waals surface area contributed by atoms with Crippen molar-refractivity contribution in [3.8, 4) is 0 Å². The SMILES string of the molecule is Br.CCCCCCCCCCCCCCCC(=O)C(N)CCC.